The summed E-state index contributed by atoms with van der Waals surface area (Å²) in [4.78, 5) is 2.22. The van der Waals surface area contributed by atoms with Gasteiger partial charge in [0.05, 0.1) is 30.7 Å². The van der Waals surface area contributed by atoms with Crippen molar-refractivity contribution in [2.24, 2.45) is 0 Å². The van der Waals surface area contributed by atoms with Gasteiger partial charge in [-0.05, 0) is 61.7 Å². The Bertz CT molecular complexity index is 688. The molecule has 5 nitrogen and oxygen atoms in total. The van der Waals surface area contributed by atoms with E-state index >= 15 is 0 Å². The number of ether oxygens (including phenoxy) is 2. The van der Waals surface area contributed by atoms with Gasteiger partial charge in [0.15, 0.2) is 0 Å². The van der Waals surface area contributed by atoms with Gasteiger partial charge in [0.25, 0.3) is 0 Å². The Hall–Kier alpha value is -1.89. The van der Waals surface area contributed by atoms with E-state index in [2.05, 4.69) is 17.4 Å². The van der Waals surface area contributed by atoms with E-state index in [0.717, 1.165) is 61.1 Å². The normalized spacial score (nSPS) is 17.2. The molecule has 0 radical (unpaired) electrons. The third-order valence-corrected chi connectivity index (χ3v) is 5.31. The predicted molar refractivity (Wildman–Crippen MR) is 108 cm³/mol. The van der Waals surface area contributed by atoms with Gasteiger partial charge in [0.1, 0.15) is 5.75 Å². The molecule has 1 saturated heterocycles. The van der Waals surface area contributed by atoms with E-state index in [1.807, 2.05) is 30.3 Å². The highest BCUT2D eigenvalue weighted by atomic mass is 32.2. The Kier molecular flexibility index (Phi) is 7.05. The van der Waals surface area contributed by atoms with E-state index in [0.29, 0.717) is 17.5 Å². The summed E-state index contributed by atoms with van der Waals surface area (Å²) < 4.78 is 11.5. The maximum atomic E-state index is 5.86. The summed E-state index contributed by atoms with van der Waals surface area (Å²) in [6.45, 7) is 3.51. The van der Waals surface area contributed by atoms with E-state index in [9.17, 15) is 0 Å². The standard InChI is InChI=1S/C20H27N3O2S/c21-19-9-8-18(13-20(19)22)26-17-6-4-15(5-7-17)24-11-2-1-3-16-14-23-10-12-25-16/h4-9,13,16,23H,1-3,10-12,14,21-22H2. The second kappa shape index (κ2) is 9.71. The summed E-state index contributed by atoms with van der Waals surface area (Å²) >= 11 is 1.66. The lowest BCUT2D eigenvalue weighted by Gasteiger charge is -2.23. The molecule has 1 unspecified atom stereocenters. The molecule has 1 heterocycles. The predicted octanol–water partition coefficient (Wildman–Crippen LogP) is 3.54. The first-order chi connectivity index (χ1) is 12.7. The highest BCUT2D eigenvalue weighted by molar-refractivity contribution is 7.99. The molecule has 1 atom stereocenters. The fraction of sp³-hybridized carbons (Fsp3) is 0.400. The first-order valence-corrected chi connectivity index (χ1v) is 9.90. The smallest absolute Gasteiger partial charge is 0.119 e. The second-order valence-corrected chi connectivity index (χ2v) is 7.55. The number of nitrogen functional groups attached to an aromatic ring is 2. The molecule has 140 valence electrons. The largest absolute Gasteiger partial charge is 0.494 e. The monoisotopic (exact) mass is 373 g/mol. The average Bonchev–Trinajstić information content (AvgIpc) is 2.67. The second-order valence-electron chi connectivity index (χ2n) is 6.41. The zero-order valence-electron chi connectivity index (χ0n) is 14.9. The van der Waals surface area contributed by atoms with Crippen LogP contribution in [0.3, 0.4) is 0 Å². The van der Waals surface area contributed by atoms with Gasteiger partial charge in [-0.1, -0.05) is 11.8 Å². The molecule has 0 aromatic heterocycles. The van der Waals surface area contributed by atoms with Gasteiger partial charge in [0, 0.05) is 22.9 Å². The first-order valence-electron chi connectivity index (χ1n) is 9.09. The molecule has 2 aromatic carbocycles. The number of unbranched alkanes of at least 4 members (excludes halogenated alkanes) is 1. The van der Waals surface area contributed by atoms with Crippen LogP contribution in [-0.2, 0) is 4.74 Å². The zero-order valence-corrected chi connectivity index (χ0v) is 15.8. The Morgan fingerprint density at radius 3 is 2.58 bits per heavy atom. The molecular weight excluding hydrogens is 346 g/mol. The minimum Gasteiger partial charge on any atom is -0.494 e. The Morgan fingerprint density at radius 2 is 1.85 bits per heavy atom. The van der Waals surface area contributed by atoms with Crippen molar-refractivity contribution in [1.29, 1.82) is 0 Å². The quantitative estimate of drug-likeness (QED) is 0.485. The number of rotatable bonds is 8. The molecule has 0 aliphatic carbocycles. The fourth-order valence-electron chi connectivity index (χ4n) is 2.83. The number of nitrogens with two attached hydrogens (primary N) is 2. The molecule has 0 amide bonds. The van der Waals surface area contributed by atoms with Crippen molar-refractivity contribution in [3.8, 4) is 5.75 Å². The number of hydrogen-bond donors (Lipinski definition) is 3. The van der Waals surface area contributed by atoms with E-state index in [1.54, 1.807) is 11.8 Å². The van der Waals surface area contributed by atoms with Gasteiger partial charge in [-0.25, -0.2) is 0 Å². The minimum absolute atomic E-state index is 0.363. The van der Waals surface area contributed by atoms with Crippen LogP contribution in [0.15, 0.2) is 52.3 Å². The number of morpholine rings is 1. The highest BCUT2D eigenvalue weighted by Crippen LogP contribution is 2.31. The van der Waals surface area contributed by atoms with E-state index in [-0.39, 0.29) is 0 Å². The number of anilines is 2. The molecule has 1 aliphatic rings. The van der Waals surface area contributed by atoms with Crippen LogP contribution in [0.25, 0.3) is 0 Å². The maximum absolute atomic E-state index is 5.86. The van der Waals surface area contributed by atoms with Crippen molar-refractivity contribution < 1.29 is 9.47 Å². The summed E-state index contributed by atoms with van der Waals surface area (Å²) in [7, 11) is 0. The van der Waals surface area contributed by atoms with E-state index in [1.165, 1.54) is 0 Å². The zero-order chi connectivity index (χ0) is 18.2. The molecule has 0 saturated carbocycles. The van der Waals surface area contributed by atoms with Gasteiger partial charge in [0.2, 0.25) is 0 Å². The molecule has 3 rings (SSSR count). The summed E-state index contributed by atoms with van der Waals surface area (Å²) in [6, 6.07) is 13.9. The van der Waals surface area contributed by atoms with Gasteiger partial charge in [-0.3, -0.25) is 0 Å². The molecular formula is C20H27N3O2S. The highest BCUT2D eigenvalue weighted by Gasteiger charge is 2.12. The molecule has 0 bridgehead atoms. The summed E-state index contributed by atoms with van der Waals surface area (Å²) in [5.74, 6) is 0.904. The van der Waals surface area contributed by atoms with Crippen LogP contribution >= 0.6 is 11.8 Å². The van der Waals surface area contributed by atoms with Crippen LogP contribution < -0.4 is 21.5 Å². The van der Waals surface area contributed by atoms with Crippen LogP contribution in [0.4, 0.5) is 11.4 Å². The van der Waals surface area contributed by atoms with Crippen molar-refractivity contribution >= 4 is 23.1 Å². The number of nitrogens with one attached hydrogen (secondary N) is 1. The maximum Gasteiger partial charge on any atom is 0.119 e. The van der Waals surface area contributed by atoms with Gasteiger partial charge in [-0.15, -0.1) is 0 Å². The molecule has 2 aromatic rings. The van der Waals surface area contributed by atoms with Crippen LogP contribution in [-0.4, -0.2) is 32.4 Å². The van der Waals surface area contributed by atoms with Crippen LogP contribution in [0, 0.1) is 0 Å². The Morgan fingerprint density at radius 1 is 1.04 bits per heavy atom. The molecule has 0 spiro atoms. The van der Waals surface area contributed by atoms with Crippen LogP contribution in [0.5, 0.6) is 5.75 Å². The van der Waals surface area contributed by atoms with Crippen molar-refractivity contribution in [3.63, 3.8) is 0 Å². The Balaban J connectivity index is 1.37. The average molecular weight is 374 g/mol. The molecule has 1 fully saturated rings. The summed E-state index contributed by atoms with van der Waals surface area (Å²) in [5, 5.41) is 3.36. The number of benzene rings is 2. The van der Waals surface area contributed by atoms with Crippen molar-refractivity contribution in [3.05, 3.63) is 42.5 Å². The topological polar surface area (TPSA) is 82.5 Å². The summed E-state index contributed by atoms with van der Waals surface area (Å²) in [6.07, 6.45) is 3.62. The Labute approximate surface area is 159 Å². The van der Waals surface area contributed by atoms with Crippen molar-refractivity contribution in [1.82, 2.24) is 5.32 Å². The van der Waals surface area contributed by atoms with Gasteiger partial charge < -0.3 is 26.3 Å². The third kappa shape index (κ3) is 5.83. The SMILES string of the molecule is Nc1ccc(Sc2ccc(OCCCCC3CNCCO3)cc2)cc1N. The first kappa shape index (κ1) is 18.9. The molecule has 5 N–H and O–H groups in total. The van der Waals surface area contributed by atoms with Crippen molar-refractivity contribution in [2.75, 3.05) is 37.8 Å². The van der Waals surface area contributed by atoms with Gasteiger partial charge >= 0.3 is 0 Å². The lowest BCUT2D eigenvalue weighted by molar-refractivity contribution is 0.0216. The third-order valence-electron chi connectivity index (χ3n) is 4.31. The molecule has 1 aliphatic heterocycles. The molecule has 26 heavy (non-hydrogen) atoms. The molecule has 6 heteroatoms. The van der Waals surface area contributed by atoms with Gasteiger partial charge in [-0.2, -0.15) is 0 Å². The number of hydrogen-bond acceptors (Lipinski definition) is 6. The van der Waals surface area contributed by atoms with Crippen LogP contribution in [0.2, 0.25) is 0 Å². The van der Waals surface area contributed by atoms with Crippen LogP contribution in [0.1, 0.15) is 19.3 Å². The fourth-order valence-corrected chi connectivity index (χ4v) is 3.69. The minimum atomic E-state index is 0.363. The van der Waals surface area contributed by atoms with E-state index < -0.39 is 0 Å². The lowest BCUT2D eigenvalue weighted by atomic mass is 10.1. The van der Waals surface area contributed by atoms with Crippen molar-refractivity contribution in [2.45, 2.75) is 35.2 Å². The van der Waals surface area contributed by atoms with E-state index in [4.69, 9.17) is 20.9 Å². The lowest BCUT2D eigenvalue weighted by Crippen LogP contribution is -2.38. The summed E-state index contributed by atoms with van der Waals surface area (Å²) in [5.41, 5.74) is 12.8.